The van der Waals surface area contributed by atoms with Gasteiger partial charge in [-0.05, 0) is 30.4 Å². The van der Waals surface area contributed by atoms with Crippen LogP contribution in [-0.2, 0) is 0 Å². The minimum absolute atomic E-state index is 0.709. The van der Waals surface area contributed by atoms with E-state index >= 15 is 0 Å². The van der Waals surface area contributed by atoms with Gasteiger partial charge in [-0.2, -0.15) is 0 Å². The highest BCUT2D eigenvalue weighted by Gasteiger charge is 2.27. The Morgan fingerprint density at radius 2 is 1.61 bits per heavy atom. The number of fused-ring (bicyclic) bond motifs is 1. The normalized spacial score (nSPS) is 25.7. The average Bonchev–Trinajstić information content (AvgIpc) is 2.38. The zero-order chi connectivity index (χ0) is 12.2. The summed E-state index contributed by atoms with van der Waals surface area (Å²) in [5, 5.41) is 0. The van der Waals surface area contributed by atoms with E-state index in [1.807, 2.05) is 0 Å². The minimum atomic E-state index is 0.709. The van der Waals surface area contributed by atoms with Crippen molar-refractivity contribution in [2.75, 3.05) is 12.0 Å². The monoisotopic (exact) mass is 244 g/mol. The molecule has 0 bridgehead atoms. The molecule has 0 saturated heterocycles. The summed E-state index contributed by atoms with van der Waals surface area (Å²) in [5.74, 6) is 1.58. The maximum atomic E-state index is 3.37. The first-order valence-corrected chi connectivity index (χ1v) is 7.53. The van der Waals surface area contributed by atoms with Crippen LogP contribution in [0, 0.1) is 5.92 Å². The number of para-hydroxylation sites is 1. The van der Waals surface area contributed by atoms with E-state index in [0.29, 0.717) is 5.92 Å². The molecule has 1 unspecified atom stereocenters. The second kappa shape index (κ2) is 5.75. The summed E-state index contributed by atoms with van der Waals surface area (Å²) in [4.78, 5) is 0. The third-order valence-corrected chi connectivity index (χ3v) is 4.62. The van der Waals surface area contributed by atoms with Crippen LogP contribution in [0.3, 0.4) is 0 Å². The Morgan fingerprint density at radius 1 is 0.889 bits per heavy atom. The SMILES string of the molecule is c1ccc2c(c1)NNCC2C1CCCCCCC1. The van der Waals surface area contributed by atoms with Gasteiger partial charge in [-0.25, -0.2) is 5.43 Å². The lowest BCUT2D eigenvalue weighted by molar-refractivity contribution is 0.314. The molecule has 0 amide bonds. The molecule has 1 aliphatic carbocycles. The highest BCUT2D eigenvalue weighted by molar-refractivity contribution is 5.54. The molecule has 18 heavy (non-hydrogen) atoms. The molecule has 0 spiro atoms. The van der Waals surface area contributed by atoms with E-state index in [1.165, 1.54) is 56.2 Å². The van der Waals surface area contributed by atoms with Crippen LogP contribution in [0.5, 0.6) is 0 Å². The first-order valence-electron chi connectivity index (χ1n) is 7.53. The van der Waals surface area contributed by atoms with Crippen molar-refractivity contribution >= 4 is 5.69 Å². The van der Waals surface area contributed by atoms with Gasteiger partial charge in [0.05, 0.1) is 5.69 Å². The lowest BCUT2D eigenvalue weighted by Gasteiger charge is -2.34. The molecular formula is C16H24N2. The molecule has 2 heteroatoms. The maximum absolute atomic E-state index is 3.37. The van der Waals surface area contributed by atoms with Gasteiger partial charge in [-0.1, -0.05) is 50.3 Å². The van der Waals surface area contributed by atoms with Crippen LogP contribution < -0.4 is 10.9 Å². The van der Waals surface area contributed by atoms with Crippen LogP contribution in [0.25, 0.3) is 0 Å². The molecule has 1 aromatic rings. The summed E-state index contributed by atoms with van der Waals surface area (Å²) in [5.41, 5.74) is 9.50. The molecule has 1 aliphatic heterocycles. The summed E-state index contributed by atoms with van der Waals surface area (Å²) in [6, 6.07) is 8.81. The summed E-state index contributed by atoms with van der Waals surface area (Å²) in [6.45, 7) is 1.08. The van der Waals surface area contributed by atoms with Crippen molar-refractivity contribution in [1.82, 2.24) is 5.43 Å². The third-order valence-electron chi connectivity index (χ3n) is 4.62. The Labute approximate surface area is 110 Å². The molecule has 2 nitrogen and oxygen atoms in total. The van der Waals surface area contributed by atoms with Crippen LogP contribution in [0.2, 0.25) is 0 Å². The maximum Gasteiger partial charge on any atom is 0.0522 e. The highest BCUT2D eigenvalue weighted by Crippen LogP contribution is 2.38. The predicted octanol–water partition coefficient (Wildman–Crippen LogP) is 4.06. The Hall–Kier alpha value is -1.02. The lowest BCUT2D eigenvalue weighted by atomic mass is 9.77. The van der Waals surface area contributed by atoms with Gasteiger partial charge in [0.15, 0.2) is 0 Å². The number of hydrogen-bond donors (Lipinski definition) is 2. The van der Waals surface area contributed by atoms with Crippen LogP contribution in [0.15, 0.2) is 24.3 Å². The zero-order valence-electron chi connectivity index (χ0n) is 11.1. The number of nitrogens with one attached hydrogen (secondary N) is 2. The van der Waals surface area contributed by atoms with E-state index in [1.54, 1.807) is 0 Å². The Balaban J connectivity index is 1.79. The molecule has 98 valence electrons. The van der Waals surface area contributed by atoms with Gasteiger partial charge < -0.3 is 5.43 Å². The third kappa shape index (κ3) is 2.54. The van der Waals surface area contributed by atoms with Gasteiger partial charge in [-0.15, -0.1) is 0 Å². The largest absolute Gasteiger partial charge is 0.321 e. The summed E-state index contributed by atoms with van der Waals surface area (Å²) in [7, 11) is 0. The number of anilines is 1. The number of benzene rings is 1. The first kappa shape index (κ1) is 12.0. The van der Waals surface area contributed by atoms with Crippen molar-refractivity contribution in [2.24, 2.45) is 5.92 Å². The summed E-state index contributed by atoms with van der Waals surface area (Å²) >= 11 is 0. The number of hydrogen-bond acceptors (Lipinski definition) is 2. The fourth-order valence-electron chi connectivity index (χ4n) is 3.61. The lowest BCUT2D eigenvalue weighted by Crippen LogP contribution is -2.36. The summed E-state index contributed by atoms with van der Waals surface area (Å²) in [6.07, 6.45) is 10.0. The van der Waals surface area contributed by atoms with Crippen LogP contribution >= 0.6 is 0 Å². The van der Waals surface area contributed by atoms with Crippen LogP contribution in [0.1, 0.15) is 56.4 Å². The quantitative estimate of drug-likeness (QED) is 0.778. The van der Waals surface area contributed by atoms with Crippen LogP contribution in [0.4, 0.5) is 5.69 Å². The van der Waals surface area contributed by atoms with Crippen molar-refractivity contribution < 1.29 is 0 Å². The molecule has 2 N–H and O–H groups in total. The van der Waals surface area contributed by atoms with Gasteiger partial charge in [-0.3, -0.25) is 0 Å². The highest BCUT2D eigenvalue weighted by atomic mass is 15.4. The van der Waals surface area contributed by atoms with Gasteiger partial charge in [0.2, 0.25) is 0 Å². The Kier molecular flexibility index (Phi) is 3.84. The van der Waals surface area contributed by atoms with Crippen molar-refractivity contribution in [3.05, 3.63) is 29.8 Å². The van der Waals surface area contributed by atoms with Crippen LogP contribution in [-0.4, -0.2) is 6.54 Å². The number of rotatable bonds is 1. The van der Waals surface area contributed by atoms with E-state index in [4.69, 9.17) is 0 Å². The molecule has 1 atom stereocenters. The molecule has 1 heterocycles. The first-order chi connectivity index (χ1) is 8.95. The van der Waals surface area contributed by atoms with E-state index < -0.39 is 0 Å². The van der Waals surface area contributed by atoms with Crippen molar-refractivity contribution in [3.63, 3.8) is 0 Å². The van der Waals surface area contributed by atoms with E-state index in [-0.39, 0.29) is 0 Å². The Bertz CT molecular complexity index is 380. The topological polar surface area (TPSA) is 24.1 Å². The minimum Gasteiger partial charge on any atom is -0.321 e. The average molecular weight is 244 g/mol. The van der Waals surface area contributed by atoms with Gasteiger partial charge >= 0.3 is 0 Å². The molecule has 0 aromatic heterocycles. The fourth-order valence-corrected chi connectivity index (χ4v) is 3.61. The Morgan fingerprint density at radius 3 is 2.44 bits per heavy atom. The molecule has 3 rings (SSSR count). The van der Waals surface area contributed by atoms with Gasteiger partial charge in [0.25, 0.3) is 0 Å². The molecule has 2 aliphatic rings. The number of hydrazine groups is 1. The van der Waals surface area contributed by atoms with Gasteiger partial charge in [0, 0.05) is 12.5 Å². The van der Waals surface area contributed by atoms with Crippen molar-refractivity contribution in [3.8, 4) is 0 Å². The van der Waals surface area contributed by atoms with Crippen molar-refractivity contribution in [2.45, 2.75) is 50.9 Å². The molecule has 0 radical (unpaired) electrons. The van der Waals surface area contributed by atoms with Gasteiger partial charge in [0.1, 0.15) is 0 Å². The van der Waals surface area contributed by atoms with Crippen molar-refractivity contribution in [1.29, 1.82) is 0 Å². The van der Waals surface area contributed by atoms with E-state index in [2.05, 4.69) is 35.1 Å². The predicted molar refractivity (Wildman–Crippen MR) is 76.6 cm³/mol. The standard InChI is InChI=1S/C16H24N2/c1-2-4-8-13(9-5-3-1)15-12-17-18-16-11-7-6-10-14(15)16/h6-7,10-11,13,15,17-18H,1-5,8-9,12H2. The molecule has 1 saturated carbocycles. The van der Waals surface area contributed by atoms with E-state index in [9.17, 15) is 0 Å². The molecule has 1 aromatic carbocycles. The fraction of sp³-hybridized carbons (Fsp3) is 0.625. The molecule has 1 fully saturated rings. The second-order valence-electron chi connectivity index (χ2n) is 5.80. The van der Waals surface area contributed by atoms with E-state index in [0.717, 1.165) is 12.5 Å². The zero-order valence-corrected chi connectivity index (χ0v) is 11.1. The summed E-state index contributed by atoms with van der Waals surface area (Å²) < 4.78 is 0. The smallest absolute Gasteiger partial charge is 0.0522 e. The second-order valence-corrected chi connectivity index (χ2v) is 5.80. The molecular weight excluding hydrogens is 220 g/mol.